The molecule has 0 aliphatic heterocycles. The average molecular weight is 471 g/mol. The quantitative estimate of drug-likeness (QED) is 0.282. The predicted octanol–water partition coefficient (Wildman–Crippen LogP) is 3.10. The Morgan fingerprint density at radius 1 is 1.19 bits per heavy atom. The van der Waals surface area contributed by atoms with Crippen LogP contribution in [0.1, 0.15) is 29.4 Å². The summed E-state index contributed by atoms with van der Waals surface area (Å²) in [5.74, 6) is 1.71. The van der Waals surface area contributed by atoms with Crippen LogP contribution in [0.25, 0.3) is 0 Å². The van der Waals surface area contributed by atoms with Crippen molar-refractivity contribution >= 4 is 29.9 Å². The number of para-hydroxylation sites is 1. The number of halogens is 1. The largest absolute Gasteiger partial charge is 0.491 e. The number of nitrogens with zero attached hydrogens (tertiary/aromatic N) is 3. The minimum atomic E-state index is 0. The lowest BCUT2D eigenvalue weighted by Gasteiger charge is -2.13. The van der Waals surface area contributed by atoms with Gasteiger partial charge in [-0.25, -0.2) is 4.99 Å². The fourth-order valence-electron chi connectivity index (χ4n) is 2.59. The molecule has 0 saturated heterocycles. The van der Waals surface area contributed by atoms with Crippen molar-refractivity contribution in [3.63, 3.8) is 0 Å². The van der Waals surface area contributed by atoms with Crippen molar-refractivity contribution in [1.82, 2.24) is 20.4 Å². The number of ether oxygens (including phenoxy) is 1. The predicted molar refractivity (Wildman–Crippen MR) is 118 cm³/mol. The summed E-state index contributed by atoms with van der Waals surface area (Å²) in [6, 6.07) is 8.04. The summed E-state index contributed by atoms with van der Waals surface area (Å²) >= 11 is 0. The van der Waals surface area contributed by atoms with E-state index < -0.39 is 0 Å². The third kappa shape index (κ3) is 6.19. The lowest BCUT2D eigenvalue weighted by Crippen LogP contribution is -2.39. The molecule has 1 aromatic carbocycles. The zero-order valence-electron chi connectivity index (χ0n) is 16.3. The van der Waals surface area contributed by atoms with Gasteiger partial charge in [0.05, 0.1) is 18.8 Å². The Kier molecular flexibility index (Phi) is 9.47. The zero-order chi connectivity index (χ0) is 18.2. The molecule has 0 unspecified atom stereocenters. The van der Waals surface area contributed by atoms with E-state index in [1.54, 1.807) is 0 Å². The minimum Gasteiger partial charge on any atom is -0.491 e. The summed E-state index contributed by atoms with van der Waals surface area (Å²) in [4.78, 5) is 4.67. The van der Waals surface area contributed by atoms with Crippen LogP contribution in [0.4, 0.5) is 0 Å². The number of benzene rings is 1. The van der Waals surface area contributed by atoms with Crippen molar-refractivity contribution in [2.24, 2.45) is 12.0 Å². The Morgan fingerprint density at radius 3 is 2.54 bits per heavy atom. The van der Waals surface area contributed by atoms with E-state index in [0.717, 1.165) is 35.2 Å². The van der Waals surface area contributed by atoms with Crippen molar-refractivity contribution < 1.29 is 4.74 Å². The first-order chi connectivity index (χ1) is 12.0. The SMILES string of the molecule is CCNC(=NCc1c(C)nn(C)c1C)NCCOc1ccccc1C.I. The molecule has 2 aromatic rings. The molecule has 2 rings (SSSR count). The zero-order valence-corrected chi connectivity index (χ0v) is 18.6. The lowest BCUT2D eigenvalue weighted by atomic mass is 10.2. The third-order valence-corrected chi connectivity index (χ3v) is 4.14. The number of nitrogens with one attached hydrogen (secondary N) is 2. The van der Waals surface area contributed by atoms with E-state index in [9.17, 15) is 0 Å². The first-order valence-electron chi connectivity index (χ1n) is 8.72. The maximum absolute atomic E-state index is 5.81. The Balaban J connectivity index is 0.00000338. The van der Waals surface area contributed by atoms with E-state index in [4.69, 9.17) is 4.74 Å². The summed E-state index contributed by atoms with van der Waals surface area (Å²) < 4.78 is 7.71. The Labute approximate surface area is 173 Å². The van der Waals surface area contributed by atoms with Crippen molar-refractivity contribution in [1.29, 1.82) is 0 Å². The molecule has 0 atom stereocenters. The molecule has 0 saturated carbocycles. The topological polar surface area (TPSA) is 63.5 Å². The van der Waals surface area contributed by atoms with Crippen LogP contribution in [0.5, 0.6) is 5.75 Å². The molecular formula is C19H30IN5O. The van der Waals surface area contributed by atoms with Crippen molar-refractivity contribution in [3.8, 4) is 5.75 Å². The highest BCUT2D eigenvalue weighted by molar-refractivity contribution is 14.0. The highest BCUT2D eigenvalue weighted by Crippen LogP contribution is 2.15. The molecule has 0 bridgehead atoms. The number of hydrogen-bond acceptors (Lipinski definition) is 3. The van der Waals surface area contributed by atoms with Gasteiger partial charge in [0.25, 0.3) is 0 Å². The highest BCUT2D eigenvalue weighted by atomic mass is 127. The standard InChI is InChI=1S/C19H29N5O.HI/c1-6-20-19(22-13-17-15(3)23-24(5)16(17)4)21-11-12-25-18-10-8-7-9-14(18)2;/h7-10H,6,11-13H2,1-5H3,(H2,20,21,22);1H. The Morgan fingerprint density at radius 2 is 1.92 bits per heavy atom. The van der Waals surface area contributed by atoms with Crippen LogP contribution in [0.2, 0.25) is 0 Å². The van der Waals surface area contributed by atoms with Gasteiger partial charge in [0.15, 0.2) is 5.96 Å². The summed E-state index contributed by atoms with van der Waals surface area (Å²) in [6.07, 6.45) is 0. The van der Waals surface area contributed by atoms with Gasteiger partial charge >= 0.3 is 0 Å². The van der Waals surface area contributed by atoms with Crippen LogP contribution >= 0.6 is 24.0 Å². The van der Waals surface area contributed by atoms with Gasteiger partial charge in [0.1, 0.15) is 12.4 Å². The fraction of sp³-hybridized carbons (Fsp3) is 0.474. The van der Waals surface area contributed by atoms with Gasteiger partial charge in [-0.3, -0.25) is 4.68 Å². The van der Waals surface area contributed by atoms with E-state index in [2.05, 4.69) is 34.6 Å². The number of aromatic nitrogens is 2. The van der Waals surface area contributed by atoms with Crippen LogP contribution in [0, 0.1) is 20.8 Å². The van der Waals surface area contributed by atoms with Crippen LogP contribution in [-0.2, 0) is 13.6 Å². The summed E-state index contributed by atoms with van der Waals surface area (Å²) in [5.41, 5.74) is 4.50. The molecule has 0 amide bonds. The van der Waals surface area contributed by atoms with Gasteiger partial charge in [-0.15, -0.1) is 24.0 Å². The first-order valence-corrected chi connectivity index (χ1v) is 8.72. The van der Waals surface area contributed by atoms with Crippen LogP contribution < -0.4 is 15.4 Å². The van der Waals surface area contributed by atoms with Gasteiger partial charge in [-0.1, -0.05) is 18.2 Å². The molecule has 144 valence electrons. The second kappa shape index (κ2) is 11.1. The monoisotopic (exact) mass is 471 g/mol. The van der Waals surface area contributed by atoms with Gasteiger partial charge in [0, 0.05) is 24.8 Å². The second-order valence-corrected chi connectivity index (χ2v) is 6.01. The van der Waals surface area contributed by atoms with E-state index in [1.807, 2.05) is 49.8 Å². The normalized spacial score (nSPS) is 11.0. The van der Waals surface area contributed by atoms with E-state index in [0.29, 0.717) is 19.7 Å². The van der Waals surface area contributed by atoms with E-state index in [1.165, 1.54) is 5.56 Å². The lowest BCUT2D eigenvalue weighted by molar-refractivity contribution is 0.320. The highest BCUT2D eigenvalue weighted by Gasteiger charge is 2.09. The third-order valence-electron chi connectivity index (χ3n) is 4.14. The summed E-state index contributed by atoms with van der Waals surface area (Å²) in [6.45, 7) is 10.9. The van der Waals surface area contributed by atoms with E-state index in [-0.39, 0.29) is 24.0 Å². The molecule has 6 nitrogen and oxygen atoms in total. The molecule has 0 fully saturated rings. The van der Waals surface area contributed by atoms with Gasteiger partial charge in [-0.05, 0) is 39.3 Å². The first kappa shape index (κ1) is 22.3. The van der Waals surface area contributed by atoms with Crippen LogP contribution in [0.3, 0.4) is 0 Å². The smallest absolute Gasteiger partial charge is 0.191 e. The summed E-state index contributed by atoms with van der Waals surface area (Å²) in [7, 11) is 1.96. The number of rotatable bonds is 7. The van der Waals surface area contributed by atoms with Gasteiger partial charge in [0.2, 0.25) is 0 Å². The maximum atomic E-state index is 5.81. The molecule has 26 heavy (non-hydrogen) atoms. The molecule has 1 heterocycles. The fourth-order valence-corrected chi connectivity index (χ4v) is 2.59. The Bertz CT molecular complexity index is 727. The molecule has 0 spiro atoms. The molecule has 1 aromatic heterocycles. The molecule has 0 radical (unpaired) electrons. The molecule has 2 N–H and O–H groups in total. The van der Waals surface area contributed by atoms with Crippen molar-refractivity contribution in [2.45, 2.75) is 34.2 Å². The molecular weight excluding hydrogens is 441 g/mol. The van der Waals surface area contributed by atoms with Crippen LogP contribution in [0.15, 0.2) is 29.3 Å². The maximum Gasteiger partial charge on any atom is 0.191 e. The van der Waals surface area contributed by atoms with Crippen LogP contribution in [-0.4, -0.2) is 35.4 Å². The molecule has 7 heteroatoms. The van der Waals surface area contributed by atoms with E-state index >= 15 is 0 Å². The number of aliphatic imine (C=N–C) groups is 1. The van der Waals surface area contributed by atoms with Gasteiger partial charge < -0.3 is 15.4 Å². The van der Waals surface area contributed by atoms with Crippen molar-refractivity contribution in [2.75, 3.05) is 19.7 Å². The Hall–Kier alpha value is -1.77. The van der Waals surface area contributed by atoms with Gasteiger partial charge in [-0.2, -0.15) is 5.10 Å². The average Bonchev–Trinajstić information content (AvgIpc) is 2.83. The number of aryl methyl sites for hydroxylation is 3. The summed E-state index contributed by atoms with van der Waals surface area (Å²) in [5, 5.41) is 11.0. The number of guanidine groups is 1. The van der Waals surface area contributed by atoms with Crippen molar-refractivity contribution in [3.05, 3.63) is 46.8 Å². The molecule has 0 aliphatic rings. The second-order valence-electron chi connectivity index (χ2n) is 6.01. The minimum absolute atomic E-state index is 0. The number of hydrogen-bond donors (Lipinski definition) is 2. The molecule has 0 aliphatic carbocycles.